The molecular weight excluding hydrogens is 258 g/mol. The third-order valence-electron chi connectivity index (χ3n) is 2.62. The predicted octanol–water partition coefficient (Wildman–Crippen LogP) is 1.93. The van der Waals surface area contributed by atoms with Crippen LogP contribution in [0.5, 0.6) is 0 Å². The summed E-state index contributed by atoms with van der Waals surface area (Å²) in [6, 6.07) is 4.52. The zero-order valence-corrected chi connectivity index (χ0v) is 9.49. The highest BCUT2D eigenvalue weighted by atomic mass is 35.5. The average Bonchev–Trinajstić information content (AvgIpc) is 2.33. The number of pyridine rings is 1. The van der Waals surface area contributed by atoms with Gasteiger partial charge in [0, 0.05) is 10.4 Å². The van der Waals surface area contributed by atoms with Crippen molar-refractivity contribution in [3.8, 4) is 0 Å². The fourth-order valence-corrected chi connectivity index (χ4v) is 1.99. The summed E-state index contributed by atoms with van der Waals surface area (Å²) in [5.41, 5.74) is -0.587. The minimum absolute atomic E-state index is 0.144. The van der Waals surface area contributed by atoms with Gasteiger partial charge in [0.2, 0.25) is 5.43 Å². The van der Waals surface area contributed by atoms with Crippen LogP contribution >= 0.6 is 11.6 Å². The fraction of sp³-hybridized carbons (Fsp3) is 0. The Morgan fingerprint density at radius 3 is 2.56 bits per heavy atom. The molecule has 1 aromatic heterocycles. The van der Waals surface area contributed by atoms with Gasteiger partial charge < -0.3 is 4.98 Å². The normalized spacial score (nSPS) is 14.1. The molecule has 6 nitrogen and oxygen atoms in total. The van der Waals surface area contributed by atoms with E-state index in [-0.39, 0.29) is 16.6 Å². The monoisotopic (exact) mass is 261 g/mol. The molecule has 88 valence electrons. The van der Waals surface area contributed by atoms with Crippen LogP contribution in [-0.4, -0.2) is 16.8 Å². The molecule has 0 saturated carbocycles. The number of hydrogen-bond acceptors (Lipinski definition) is 3. The van der Waals surface area contributed by atoms with Crippen molar-refractivity contribution in [3.05, 3.63) is 44.7 Å². The van der Waals surface area contributed by atoms with Gasteiger partial charge in [0.1, 0.15) is 11.3 Å². The van der Waals surface area contributed by atoms with Crippen molar-refractivity contribution in [2.75, 3.05) is 0 Å². The van der Waals surface area contributed by atoms with Gasteiger partial charge in [-0.3, -0.25) is 14.4 Å². The molecule has 1 N–H and O–H groups in total. The van der Waals surface area contributed by atoms with E-state index in [2.05, 4.69) is 15.2 Å². The lowest BCUT2D eigenvalue weighted by Crippen LogP contribution is -2.23. The van der Waals surface area contributed by atoms with Gasteiger partial charge in [-0.25, -0.2) is 0 Å². The Morgan fingerprint density at radius 1 is 1.06 bits per heavy atom. The molecule has 0 radical (unpaired) electrons. The molecule has 1 aliphatic rings. The highest BCUT2D eigenvalue weighted by molar-refractivity contribution is 6.31. The summed E-state index contributed by atoms with van der Waals surface area (Å²) in [6.07, 6.45) is 0. The van der Waals surface area contributed by atoms with E-state index in [0.29, 0.717) is 10.5 Å². The maximum Gasteiger partial charge on any atom is 0.312 e. The SMILES string of the molecule is O=C1N=NC(=O)c2c1[nH]c1cc(Cl)ccc1c2=O. The highest BCUT2D eigenvalue weighted by Gasteiger charge is 2.27. The summed E-state index contributed by atoms with van der Waals surface area (Å²) in [7, 11) is 0. The van der Waals surface area contributed by atoms with Gasteiger partial charge in [0.15, 0.2) is 0 Å². The molecule has 0 saturated heterocycles. The minimum atomic E-state index is -0.817. The summed E-state index contributed by atoms with van der Waals surface area (Å²) in [6.45, 7) is 0. The molecule has 18 heavy (non-hydrogen) atoms. The molecular formula is C11H4ClN3O3. The van der Waals surface area contributed by atoms with Crippen LogP contribution < -0.4 is 5.43 Å². The van der Waals surface area contributed by atoms with Crippen molar-refractivity contribution in [2.24, 2.45) is 10.2 Å². The molecule has 2 amide bonds. The number of azo groups is 1. The number of amides is 2. The van der Waals surface area contributed by atoms with Crippen LogP contribution in [0, 0.1) is 0 Å². The number of halogens is 1. The molecule has 0 atom stereocenters. The minimum Gasteiger partial charge on any atom is -0.349 e. The van der Waals surface area contributed by atoms with Crippen molar-refractivity contribution < 1.29 is 9.59 Å². The number of hydrogen-bond donors (Lipinski definition) is 1. The Hall–Kier alpha value is -2.34. The Labute approximate surface area is 104 Å². The third-order valence-corrected chi connectivity index (χ3v) is 2.86. The number of rotatable bonds is 0. The first-order valence-electron chi connectivity index (χ1n) is 4.94. The topological polar surface area (TPSA) is 91.7 Å². The number of carbonyl (C=O) groups is 2. The van der Waals surface area contributed by atoms with Gasteiger partial charge in [-0.2, -0.15) is 0 Å². The van der Waals surface area contributed by atoms with E-state index in [1.807, 2.05) is 0 Å². The summed E-state index contributed by atoms with van der Waals surface area (Å²) in [5, 5.41) is 6.97. The number of carbonyl (C=O) groups excluding carboxylic acids is 2. The largest absolute Gasteiger partial charge is 0.349 e. The molecule has 1 aliphatic heterocycles. The zero-order chi connectivity index (χ0) is 12.9. The van der Waals surface area contributed by atoms with Gasteiger partial charge in [-0.15, -0.1) is 10.2 Å². The van der Waals surface area contributed by atoms with Gasteiger partial charge >= 0.3 is 11.8 Å². The molecule has 0 unspecified atom stereocenters. The van der Waals surface area contributed by atoms with Crippen molar-refractivity contribution in [1.29, 1.82) is 0 Å². The Kier molecular flexibility index (Phi) is 2.14. The Balaban J connectivity index is 2.51. The van der Waals surface area contributed by atoms with Crippen molar-refractivity contribution >= 4 is 34.3 Å². The van der Waals surface area contributed by atoms with E-state index in [1.165, 1.54) is 18.2 Å². The molecule has 1 aromatic carbocycles. The van der Waals surface area contributed by atoms with E-state index in [0.717, 1.165) is 0 Å². The lowest BCUT2D eigenvalue weighted by molar-refractivity contribution is 0.0916. The van der Waals surface area contributed by atoms with Crippen LogP contribution in [0.1, 0.15) is 20.8 Å². The van der Waals surface area contributed by atoms with Crippen molar-refractivity contribution in [1.82, 2.24) is 4.98 Å². The first kappa shape index (κ1) is 10.8. The van der Waals surface area contributed by atoms with Crippen LogP contribution in [0.15, 0.2) is 33.2 Å². The van der Waals surface area contributed by atoms with E-state index in [4.69, 9.17) is 11.6 Å². The quantitative estimate of drug-likeness (QED) is 0.785. The molecule has 0 fully saturated rings. The Bertz CT molecular complexity index is 807. The average molecular weight is 262 g/mol. The molecule has 7 heteroatoms. The van der Waals surface area contributed by atoms with E-state index < -0.39 is 17.2 Å². The first-order chi connectivity index (χ1) is 8.58. The number of nitrogens with one attached hydrogen (secondary N) is 1. The molecule has 0 spiro atoms. The van der Waals surface area contributed by atoms with Crippen molar-refractivity contribution in [3.63, 3.8) is 0 Å². The van der Waals surface area contributed by atoms with Gasteiger partial charge in [-0.05, 0) is 18.2 Å². The number of H-pyrrole nitrogens is 1. The van der Waals surface area contributed by atoms with Gasteiger partial charge in [0.05, 0.1) is 5.52 Å². The van der Waals surface area contributed by atoms with Gasteiger partial charge in [0.25, 0.3) is 0 Å². The van der Waals surface area contributed by atoms with Crippen molar-refractivity contribution in [2.45, 2.75) is 0 Å². The van der Waals surface area contributed by atoms with Crippen LogP contribution in [0.3, 0.4) is 0 Å². The van der Waals surface area contributed by atoms with Crippen LogP contribution in [0.25, 0.3) is 10.9 Å². The zero-order valence-electron chi connectivity index (χ0n) is 8.73. The Morgan fingerprint density at radius 2 is 1.78 bits per heavy atom. The van der Waals surface area contributed by atoms with E-state index >= 15 is 0 Å². The molecule has 0 bridgehead atoms. The number of benzene rings is 1. The maximum absolute atomic E-state index is 12.1. The molecule has 2 heterocycles. The van der Waals surface area contributed by atoms with E-state index in [9.17, 15) is 14.4 Å². The second-order valence-corrected chi connectivity index (χ2v) is 4.14. The molecule has 2 aromatic rings. The summed E-state index contributed by atoms with van der Waals surface area (Å²) in [5.74, 6) is -1.56. The van der Waals surface area contributed by atoms with Crippen LogP contribution in [0.4, 0.5) is 0 Å². The third kappa shape index (κ3) is 1.39. The number of aromatic nitrogens is 1. The standard InChI is InChI=1S/C11H4ClN3O3/c12-4-1-2-5-6(3-4)13-8-7(9(5)16)10(17)14-15-11(8)18/h1-3H,(H,13,16). The number of nitrogens with zero attached hydrogens (tertiary/aromatic N) is 2. The fourth-order valence-electron chi connectivity index (χ4n) is 1.82. The smallest absolute Gasteiger partial charge is 0.312 e. The first-order valence-corrected chi connectivity index (χ1v) is 5.31. The highest BCUT2D eigenvalue weighted by Crippen LogP contribution is 2.19. The molecule has 3 rings (SSSR count). The maximum atomic E-state index is 12.1. The van der Waals surface area contributed by atoms with E-state index in [1.54, 1.807) is 0 Å². The second kappa shape index (κ2) is 3.58. The van der Waals surface area contributed by atoms with Crippen LogP contribution in [-0.2, 0) is 0 Å². The predicted molar refractivity (Wildman–Crippen MR) is 63.1 cm³/mol. The molecule has 0 aliphatic carbocycles. The summed E-state index contributed by atoms with van der Waals surface area (Å²) < 4.78 is 0. The summed E-state index contributed by atoms with van der Waals surface area (Å²) >= 11 is 5.80. The summed E-state index contributed by atoms with van der Waals surface area (Å²) in [4.78, 5) is 37.8. The van der Waals surface area contributed by atoms with Gasteiger partial charge in [-0.1, -0.05) is 11.6 Å². The lowest BCUT2D eigenvalue weighted by Gasteiger charge is -2.08. The lowest BCUT2D eigenvalue weighted by atomic mass is 10.1. The van der Waals surface area contributed by atoms with Crippen LogP contribution in [0.2, 0.25) is 5.02 Å². The second-order valence-electron chi connectivity index (χ2n) is 3.70. The number of fused-ring (bicyclic) bond motifs is 2. The number of aromatic amines is 1.